The molecular weight excluding hydrogens is 286 g/mol. The zero-order valence-corrected chi connectivity index (χ0v) is 13.5. The molecule has 1 aromatic carbocycles. The molecule has 1 amide bonds. The molecule has 0 heterocycles. The molecule has 0 aliphatic carbocycles. The van der Waals surface area contributed by atoms with Gasteiger partial charge in [-0.15, -0.1) is 0 Å². The molecule has 1 rings (SSSR count). The van der Waals surface area contributed by atoms with Crippen LogP contribution in [0.1, 0.15) is 36.5 Å². The fourth-order valence-corrected chi connectivity index (χ4v) is 2.43. The molecule has 0 spiro atoms. The summed E-state index contributed by atoms with van der Waals surface area (Å²) in [5.41, 5.74) is 0.651. The second kappa shape index (κ2) is 11.5. The number of ether oxygens (including phenoxy) is 1. The number of rotatable bonds is 11. The van der Waals surface area contributed by atoms with Gasteiger partial charge in [0.1, 0.15) is 5.75 Å². The third kappa shape index (κ3) is 7.97. The monoisotopic (exact) mass is 311 g/mol. The SMILES string of the molecule is CCCCOc1ccc(C(=O)NCCSCCCO)cc1. The summed E-state index contributed by atoms with van der Waals surface area (Å²) in [5.74, 6) is 2.54. The summed E-state index contributed by atoms with van der Waals surface area (Å²) in [7, 11) is 0. The number of unbranched alkanes of at least 4 members (excludes halogenated alkanes) is 1. The smallest absolute Gasteiger partial charge is 0.251 e. The zero-order chi connectivity index (χ0) is 15.3. The lowest BCUT2D eigenvalue weighted by atomic mass is 10.2. The van der Waals surface area contributed by atoms with Gasteiger partial charge in [-0.1, -0.05) is 13.3 Å². The molecule has 4 nitrogen and oxygen atoms in total. The number of nitrogens with one attached hydrogen (secondary N) is 1. The van der Waals surface area contributed by atoms with Crippen LogP contribution in [0.25, 0.3) is 0 Å². The lowest BCUT2D eigenvalue weighted by Crippen LogP contribution is -2.25. The zero-order valence-electron chi connectivity index (χ0n) is 12.6. The van der Waals surface area contributed by atoms with Crippen LogP contribution in [0.2, 0.25) is 0 Å². The lowest BCUT2D eigenvalue weighted by molar-refractivity contribution is 0.0956. The Morgan fingerprint density at radius 2 is 2.00 bits per heavy atom. The Kier molecular flexibility index (Phi) is 9.74. The summed E-state index contributed by atoms with van der Waals surface area (Å²) >= 11 is 1.73. The molecule has 21 heavy (non-hydrogen) atoms. The van der Waals surface area contributed by atoms with Gasteiger partial charge in [0.25, 0.3) is 5.91 Å². The van der Waals surface area contributed by atoms with Crippen LogP contribution < -0.4 is 10.1 Å². The van der Waals surface area contributed by atoms with Gasteiger partial charge in [-0.3, -0.25) is 4.79 Å². The summed E-state index contributed by atoms with van der Waals surface area (Å²) < 4.78 is 5.56. The van der Waals surface area contributed by atoms with E-state index in [1.807, 2.05) is 12.1 Å². The number of aliphatic hydroxyl groups is 1. The quantitative estimate of drug-likeness (QED) is 0.617. The average molecular weight is 311 g/mol. The molecule has 0 aromatic heterocycles. The van der Waals surface area contributed by atoms with Crippen LogP contribution in [0, 0.1) is 0 Å². The van der Waals surface area contributed by atoms with Gasteiger partial charge in [-0.2, -0.15) is 11.8 Å². The van der Waals surface area contributed by atoms with Gasteiger partial charge in [0.2, 0.25) is 0 Å². The largest absolute Gasteiger partial charge is 0.494 e. The van der Waals surface area contributed by atoms with E-state index in [0.717, 1.165) is 36.5 Å². The van der Waals surface area contributed by atoms with E-state index in [2.05, 4.69) is 12.2 Å². The number of hydrogen-bond donors (Lipinski definition) is 2. The first kappa shape index (κ1) is 17.9. The topological polar surface area (TPSA) is 58.6 Å². The first-order valence-electron chi connectivity index (χ1n) is 7.47. The van der Waals surface area contributed by atoms with Crippen molar-refractivity contribution < 1.29 is 14.6 Å². The highest BCUT2D eigenvalue weighted by atomic mass is 32.2. The minimum absolute atomic E-state index is 0.0575. The average Bonchev–Trinajstić information content (AvgIpc) is 2.51. The van der Waals surface area contributed by atoms with E-state index in [4.69, 9.17) is 9.84 Å². The molecule has 0 saturated carbocycles. The standard InChI is InChI=1S/C16H25NO3S/c1-2-3-11-20-15-7-5-14(6-8-15)16(19)17-9-13-21-12-4-10-18/h5-8,18H,2-4,9-13H2,1H3,(H,17,19). The second-order valence-corrected chi connectivity index (χ2v) is 5.90. The molecule has 0 radical (unpaired) electrons. The van der Waals surface area contributed by atoms with E-state index >= 15 is 0 Å². The number of carbonyl (C=O) groups excluding carboxylic acids is 1. The van der Waals surface area contributed by atoms with E-state index in [1.165, 1.54) is 0 Å². The maximum Gasteiger partial charge on any atom is 0.251 e. The van der Waals surface area contributed by atoms with Crippen LogP contribution >= 0.6 is 11.8 Å². The Morgan fingerprint density at radius 3 is 2.67 bits per heavy atom. The van der Waals surface area contributed by atoms with Gasteiger partial charge in [0, 0.05) is 24.5 Å². The predicted molar refractivity (Wildman–Crippen MR) is 88.2 cm³/mol. The summed E-state index contributed by atoms with van der Waals surface area (Å²) in [6.45, 7) is 3.71. The van der Waals surface area contributed by atoms with Gasteiger partial charge in [0.15, 0.2) is 0 Å². The van der Waals surface area contributed by atoms with E-state index < -0.39 is 0 Å². The van der Waals surface area contributed by atoms with Crippen molar-refractivity contribution in [3.05, 3.63) is 29.8 Å². The second-order valence-electron chi connectivity index (χ2n) is 4.67. The summed E-state index contributed by atoms with van der Waals surface area (Å²) in [5, 5.41) is 11.5. The Balaban J connectivity index is 2.24. The van der Waals surface area contributed by atoms with E-state index in [9.17, 15) is 4.79 Å². The van der Waals surface area contributed by atoms with Crippen molar-refractivity contribution in [3.63, 3.8) is 0 Å². The molecule has 0 saturated heterocycles. The van der Waals surface area contributed by atoms with Gasteiger partial charge >= 0.3 is 0 Å². The van der Waals surface area contributed by atoms with E-state index in [-0.39, 0.29) is 12.5 Å². The van der Waals surface area contributed by atoms with Crippen molar-refractivity contribution in [2.45, 2.75) is 26.2 Å². The molecule has 0 aliphatic rings. The van der Waals surface area contributed by atoms with Crippen LogP contribution in [-0.2, 0) is 0 Å². The highest BCUT2D eigenvalue weighted by Gasteiger charge is 2.04. The van der Waals surface area contributed by atoms with E-state index in [1.54, 1.807) is 23.9 Å². The molecule has 0 aliphatic heterocycles. The van der Waals surface area contributed by atoms with Crippen molar-refractivity contribution in [1.82, 2.24) is 5.32 Å². The molecule has 0 unspecified atom stereocenters. The van der Waals surface area contributed by atoms with Crippen LogP contribution in [0.3, 0.4) is 0 Å². The number of carbonyl (C=O) groups is 1. The number of amides is 1. The summed E-state index contributed by atoms with van der Waals surface area (Å²) in [4.78, 5) is 11.9. The van der Waals surface area contributed by atoms with Crippen molar-refractivity contribution in [1.29, 1.82) is 0 Å². The highest BCUT2D eigenvalue weighted by Crippen LogP contribution is 2.12. The molecule has 1 aromatic rings. The van der Waals surface area contributed by atoms with Crippen molar-refractivity contribution >= 4 is 17.7 Å². The van der Waals surface area contributed by atoms with Crippen molar-refractivity contribution in [3.8, 4) is 5.75 Å². The maximum absolute atomic E-state index is 11.9. The Morgan fingerprint density at radius 1 is 1.24 bits per heavy atom. The molecule has 118 valence electrons. The normalized spacial score (nSPS) is 10.4. The van der Waals surface area contributed by atoms with Crippen molar-refractivity contribution in [2.24, 2.45) is 0 Å². The first-order valence-corrected chi connectivity index (χ1v) is 8.63. The number of hydrogen-bond acceptors (Lipinski definition) is 4. The minimum Gasteiger partial charge on any atom is -0.494 e. The third-order valence-corrected chi connectivity index (χ3v) is 3.93. The Bertz CT molecular complexity index is 395. The summed E-state index contributed by atoms with van der Waals surface area (Å²) in [6.07, 6.45) is 2.95. The fraction of sp³-hybridized carbons (Fsp3) is 0.562. The van der Waals surface area contributed by atoms with Crippen LogP contribution in [0.4, 0.5) is 0 Å². The molecule has 0 atom stereocenters. The molecule has 5 heteroatoms. The van der Waals surface area contributed by atoms with Crippen LogP contribution in [0.15, 0.2) is 24.3 Å². The predicted octanol–water partition coefficient (Wildman–Crippen LogP) is 2.71. The summed E-state index contributed by atoms with van der Waals surface area (Å²) in [6, 6.07) is 7.24. The Hall–Kier alpha value is -1.20. The molecule has 2 N–H and O–H groups in total. The highest BCUT2D eigenvalue weighted by molar-refractivity contribution is 7.99. The van der Waals surface area contributed by atoms with Gasteiger partial charge in [0.05, 0.1) is 6.61 Å². The van der Waals surface area contributed by atoms with Gasteiger partial charge in [-0.05, 0) is 42.9 Å². The minimum atomic E-state index is -0.0575. The maximum atomic E-state index is 11.9. The van der Waals surface area contributed by atoms with Gasteiger partial charge < -0.3 is 15.2 Å². The lowest BCUT2D eigenvalue weighted by Gasteiger charge is -2.07. The number of benzene rings is 1. The van der Waals surface area contributed by atoms with Gasteiger partial charge in [-0.25, -0.2) is 0 Å². The Labute approximate surface area is 131 Å². The molecular formula is C16H25NO3S. The van der Waals surface area contributed by atoms with Crippen molar-refractivity contribution in [2.75, 3.05) is 31.3 Å². The molecule has 0 bridgehead atoms. The fourth-order valence-electron chi connectivity index (χ4n) is 1.64. The van der Waals surface area contributed by atoms with Crippen LogP contribution in [0.5, 0.6) is 5.75 Å². The van der Waals surface area contributed by atoms with E-state index in [0.29, 0.717) is 18.7 Å². The number of aliphatic hydroxyl groups excluding tert-OH is 1. The number of thioether (sulfide) groups is 1. The third-order valence-electron chi connectivity index (χ3n) is 2.86. The molecule has 0 fully saturated rings. The van der Waals surface area contributed by atoms with Crippen LogP contribution in [-0.4, -0.2) is 42.3 Å². The first-order chi connectivity index (χ1) is 10.3.